The van der Waals surface area contributed by atoms with E-state index >= 15 is 0 Å². The Kier molecular flexibility index (Phi) is 4.46. The number of benzene rings is 2. The molecule has 0 aliphatic rings. The van der Waals surface area contributed by atoms with Gasteiger partial charge in [0.15, 0.2) is 11.5 Å². The maximum Gasteiger partial charge on any atom is 0.337 e. The van der Waals surface area contributed by atoms with Gasteiger partial charge in [-0.3, -0.25) is 0 Å². The molecule has 0 fully saturated rings. The fourth-order valence-corrected chi connectivity index (χ4v) is 2.25. The van der Waals surface area contributed by atoms with Crippen LogP contribution >= 0.6 is 15.9 Å². The lowest BCUT2D eigenvalue weighted by Gasteiger charge is -2.15. The molecule has 106 valence electrons. The first-order valence-electron chi connectivity index (χ1n) is 5.76. The number of hydrogen-bond donors (Lipinski definition) is 1. The third-order valence-corrected chi connectivity index (χ3v) is 3.24. The number of fused-ring (bicyclic) bond motifs is 1. The molecule has 0 saturated heterocycles. The monoisotopic (exact) mass is 340 g/mol. The highest BCUT2D eigenvalue weighted by atomic mass is 79.9. The van der Waals surface area contributed by atoms with E-state index in [1.165, 1.54) is 14.2 Å². The second kappa shape index (κ2) is 6.11. The minimum Gasteiger partial charge on any atom is -0.493 e. The molecule has 0 atom stereocenters. The normalized spacial score (nSPS) is 10.4. The van der Waals surface area contributed by atoms with Crippen LogP contribution in [0, 0.1) is 0 Å². The highest BCUT2D eigenvalue weighted by molar-refractivity contribution is 9.10. The first-order valence-corrected chi connectivity index (χ1v) is 6.55. The van der Waals surface area contributed by atoms with E-state index in [1.807, 2.05) is 12.1 Å². The summed E-state index contributed by atoms with van der Waals surface area (Å²) in [4.78, 5) is 11.4. The molecule has 0 amide bonds. The molecule has 0 aromatic heterocycles. The van der Waals surface area contributed by atoms with E-state index in [-0.39, 0.29) is 5.75 Å². The van der Waals surface area contributed by atoms with E-state index in [9.17, 15) is 4.79 Å². The van der Waals surface area contributed by atoms with Gasteiger partial charge in [-0.05, 0) is 23.6 Å². The Balaban J connectivity index is 2.75. The number of methoxy groups -OCH3 is 2. The van der Waals surface area contributed by atoms with Crippen LogP contribution in [0.2, 0.25) is 0 Å². The summed E-state index contributed by atoms with van der Waals surface area (Å²) in [5, 5.41) is 10.4. The second-order valence-corrected chi connectivity index (χ2v) is 4.85. The van der Waals surface area contributed by atoms with Crippen molar-refractivity contribution in [2.75, 3.05) is 20.8 Å². The zero-order valence-corrected chi connectivity index (χ0v) is 12.6. The minimum absolute atomic E-state index is 0.224. The Morgan fingerprint density at radius 1 is 1.20 bits per heavy atom. The number of rotatable bonds is 4. The predicted molar refractivity (Wildman–Crippen MR) is 77.5 cm³/mol. The molecule has 2 aromatic carbocycles. The number of hydrogen-bond acceptors (Lipinski definition) is 5. The van der Waals surface area contributed by atoms with Crippen molar-refractivity contribution in [1.82, 2.24) is 0 Å². The molecule has 0 heterocycles. The summed E-state index contributed by atoms with van der Waals surface area (Å²) in [7, 11) is 2.96. The second-order valence-electron chi connectivity index (χ2n) is 3.94. The van der Waals surface area contributed by atoms with Crippen molar-refractivity contribution in [3.05, 3.63) is 28.7 Å². The first-order chi connectivity index (χ1) is 9.60. The summed E-state index contributed by atoms with van der Waals surface area (Å²) in [5.41, 5.74) is 0. The summed E-state index contributed by atoms with van der Waals surface area (Å²) in [6.07, 6.45) is 0. The standard InChI is InChI=1S/C14H13BrO5/c1-18-11-5-8-3-4-9(15)6-10(8)13(14(11)19-2)20-12(17)7-16/h3-6,16H,7H2,1-2H3. The number of halogens is 1. The van der Waals surface area contributed by atoms with Crippen LogP contribution in [0.15, 0.2) is 28.7 Å². The van der Waals surface area contributed by atoms with Crippen molar-refractivity contribution in [2.45, 2.75) is 0 Å². The van der Waals surface area contributed by atoms with Crippen molar-refractivity contribution in [2.24, 2.45) is 0 Å². The van der Waals surface area contributed by atoms with Gasteiger partial charge in [-0.15, -0.1) is 0 Å². The Bertz CT molecular complexity index is 654. The van der Waals surface area contributed by atoms with E-state index in [0.29, 0.717) is 16.9 Å². The summed E-state index contributed by atoms with van der Waals surface area (Å²) in [5.74, 6) is 0.211. The van der Waals surface area contributed by atoms with E-state index in [4.69, 9.17) is 19.3 Å². The van der Waals surface area contributed by atoms with Gasteiger partial charge in [0.2, 0.25) is 5.75 Å². The Hall–Kier alpha value is -1.79. The van der Waals surface area contributed by atoms with Crippen LogP contribution in [0.5, 0.6) is 17.2 Å². The van der Waals surface area contributed by atoms with Gasteiger partial charge in [0, 0.05) is 9.86 Å². The maximum absolute atomic E-state index is 11.4. The highest BCUT2D eigenvalue weighted by Crippen LogP contribution is 2.44. The highest BCUT2D eigenvalue weighted by Gasteiger charge is 2.19. The van der Waals surface area contributed by atoms with Crippen molar-refractivity contribution < 1.29 is 24.1 Å². The SMILES string of the molecule is COc1cc2ccc(Br)cc2c(OC(=O)CO)c1OC. The maximum atomic E-state index is 11.4. The fourth-order valence-electron chi connectivity index (χ4n) is 1.88. The average molecular weight is 341 g/mol. The van der Waals surface area contributed by atoms with Crippen molar-refractivity contribution in [3.63, 3.8) is 0 Å². The lowest BCUT2D eigenvalue weighted by molar-refractivity contribution is -0.137. The minimum atomic E-state index is -0.766. The number of ether oxygens (including phenoxy) is 3. The van der Waals surface area contributed by atoms with Gasteiger partial charge in [0.25, 0.3) is 0 Å². The van der Waals surface area contributed by atoms with Crippen molar-refractivity contribution >= 4 is 32.7 Å². The molecule has 0 bridgehead atoms. The molecule has 0 unspecified atom stereocenters. The first kappa shape index (κ1) is 14.6. The number of aliphatic hydroxyl groups is 1. The zero-order chi connectivity index (χ0) is 14.7. The Morgan fingerprint density at radius 2 is 1.95 bits per heavy atom. The molecule has 0 aliphatic carbocycles. The quantitative estimate of drug-likeness (QED) is 0.684. The largest absolute Gasteiger partial charge is 0.493 e. The van der Waals surface area contributed by atoms with Crippen LogP contribution in [0.25, 0.3) is 10.8 Å². The molecular formula is C14H13BrO5. The molecule has 0 saturated carbocycles. The van der Waals surface area contributed by atoms with Crippen LogP contribution in [0.1, 0.15) is 0 Å². The lowest BCUT2D eigenvalue weighted by Crippen LogP contribution is -2.13. The predicted octanol–water partition coefficient (Wildman–Crippen LogP) is 2.52. The molecule has 0 aliphatic heterocycles. The topological polar surface area (TPSA) is 65.0 Å². The third kappa shape index (κ3) is 2.71. The van der Waals surface area contributed by atoms with Gasteiger partial charge in [0.1, 0.15) is 6.61 Å². The molecule has 1 N–H and O–H groups in total. The summed E-state index contributed by atoms with van der Waals surface area (Å²) in [6, 6.07) is 7.32. The van der Waals surface area contributed by atoms with Gasteiger partial charge in [-0.25, -0.2) is 4.79 Å². The number of aliphatic hydroxyl groups excluding tert-OH is 1. The average Bonchev–Trinajstić information content (AvgIpc) is 2.46. The van der Waals surface area contributed by atoms with Gasteiger partial charge in [-0.2, -0.15) is 0 Å². The molecule has 5 nitrogen and oxygen atoms in total. The van der Waals surface area contributed by atoms with Crippen LogP contribution in [0.4, 0.5) is 0 Å². The number of carbonyl (C=O) groups excluding carboxylic acids is 1. The van der Waals surface area contributed by atoms with Gasteiger partial charge >= 0.3 is 5.97 Å². The fraction of sp³-hybridized carbons (Fsp3) is 0.214. The molecule has 20 heavy (non-hydrogen) atoms. The number of esters is 1. The summed E-state index contributed by atoms with van der Waals surface area (Å²) >= 11 is 3.37. The van der Waals surface area contributed by atoms with E-state index in [0.717, 1.165) is 9.86 Å². The van der Waals surface area contributed by atoms with Gasteiger partial charge < -0.3 is 19.3 Å². The van der Waals surface area contributed by atoms with E-state index in [1.54, 1.807) is 12.1 Å². The lowest BCUT2D eigenvalue weighted by atomic mass is 10.1. The molecule has 0 spiro atoms. The summed E-state index contributed by atoms with van der Waals surface area (Å²) < 4.78 is 16.5. The van der Waals surface area contributed by atoms with Crippen molar-refractivity contribution in [1.29, 1.82) is 0 Å². The van der Waals surface area contributed by atoms with Gasteiger partial charge in [0.05, 0.1) is 14.2 Å². The van der Waals surface area contributed by atoms with Crippen LogP contribution < -0.4 is 14.2 Å². The third-order valence-electron chi connectivity index (χ3n) is 2.75. The van der Waals surface area contributed by atoms with Crippen LogP contribution in [-0.2, 0) is 4.79 Å². The number of carbonyl (C=O) groups is 1. The molecule has 2 aromatic rings. The van der Waals surface area contributed by atoms with Crippen LogP contribution in [0.3, 0.4) is 0 Å². The van der Waals surface area contributed by atoms with Crippen LogP contribution in [-0.4, -0.2) is 31.9 Å². The smallest absolute Gasteiger partial charge is 0.337 e. The molecule has 2 rings (SSSR count). The Morgan fingerprint density at radius 3 is 2.55 bits per heavy atom. The van der Waals surface area contributed by atoms with Gasteiger partial charge in [-0.1, -0.05) is 22.0 Å². The zero-order valence-electron chi connectivity index (χ0n) is 11.0. The molecule has 6 heteroatoms. The molecular weight excluding hydrogens is 328 g/mol. The molecule has 0 radical (unpaired) electrons. The van der Waals surface area contributed by atoms with E-state index in [2.05, 4.69) is 15.9 Å². The van der Waals surface area contributed by atoms with E-state index < -0.39 is 12.6 Å². The Labute approximate surface area is 124 Å². The summed E-state index contributed by atoms with van der Waals surface area (Å²) in [6.45, 7) is -0.712. The van der Waals surface area contributed by atoms with Crippen molar-refractivity contribution in [3.8, 4) is 17.2 Å².